The maximum Gasteiger partial charge on any atom is 0.191 e. The third-order valence-corrected chi connectivity index (χ3v) is 5.56. The summed E-state index contributed by atoms with van der Waals surface area (Å²) in [7, 11) is 1.77. The second-order valence-electron chi connectivity index (χ2n) is 7.79. The molecule has 2 N–H and O–H groups in total. The summed E-state index contributed by atoms with van der Waals surface area (Å²) in [6, 6.07) is 16.6. The van der Waals surface area contributed by atoms with Gasteiger partial charge in [-0.15, -0.1) is 0 Å². The Morgan fingerprint density at radius 3 is 2.67 bits per heavy atom. The molecule has 30 heavy (non-hydrogen) atoms. The fourth-order valence-corrected chi connectivity index (χ4v) is 3.91. The van der Waals surface area contributed by atoms with Gasteiger partial charge in [-0.3, -0.25) is 9.89 Å². The lowest BCUT2D eigenvalue weighted by Crippen LogP contribution is -2.51. The quantitative estimate of drug-likeness (QED) is 0.534. The van der Waals surface area contributed by atoms with Crippen LogP contribution < -0.4 is 15.4 Å². The van der Waals surface area contributed by atoms with Gasteiger partial charge in [-0.25, -0.2) is 4.39 Å². The highest BCUT2D eigenvalue weighted by molar-refractivity contribution is 5.80. The van der Waals surface area contributed by atoms with E-state index in [1.165, 1.54) is 11.6 Å². The molecule has 2 atom stereocenters. The maximum absolute atomic E-state index is 14.0. The van der Waals surface area contributed by atoms with Crippen LogP contribution in [-0.4, -0.2) is 43.1 Å². The smallest absolute Gasteiger partial charge is 0.191 e. The Kier molecular flexibility index (Phi) is 8.08. The molecule has 0 bridgehead atoms. The van der Waals surface area contributed by atoms with Crippen molar-refractivity contribution in [3.8, 4) is 5.75 Å². The van der Waals surface area contributed by atoms with Gasteiger partial charge in [0.05, 0.1) is 6.61 Å². The van der Waals surface area contributed by atoms with Gasteiger partial charge in [-0.2, -0.15) is 0 Å². The van der Waals surface area contributed by atoms with Crippen molar-refractivity contribution in [3.63, 3.8) is 0 Å². The van der Waals surface area contributed by atoms with Gasteiger partial charge in [-0.05, 0) is 49.9 Å². The number of benzene rings is 2. The fourth-order valence-electron chi connectivity index (χ4n) is 3.91. The Hall–Kier alpha value is -2.60. The minimum Gasteiger partial charge on any atom is -0.491 e. The second kappa shape index (κ2) is 11.0. The Balaban J connectivity index is 1.47. The Labute approximate surface area is 179 Å². The first-order valence-electron chi connectivity index (χ1n) is 10.8. The maximum atomic E-state index is 14.0. The average Bonchev–Trinajstić information content (AvgIpc) is 2.75. The zero-order valence-electron chi connectivity index (χ0n) is 18.2. The minimum absolute atomic E-state index is 0.292. The summed E-state index contributed by atoms with van der Waals surface area (Å²) in [6.07, 6.45) is 2.13. The summed E-state index contributed by atoms with van der Waals surface area (Å²) in [5.41, 5.74) is 2.21. The summed E-state index contributed by atoms with van der Waals surface area (Å²) in [6.45, 7) is 7.13. The van der Waals surface area contributed by atoms with Crippen LogP contribution in [0, 0.1) is 5.82 Å². The molecule has 0 saturated carbocycles. The molecule has 1 aliphatic heterocycles. The first-order valence-corrected chi connectivity index (χ1v) is 10.8. The molecule has 2 aromatic carbocycles. The van der Waals surface area contributed by atoms with Crippen LogP contribution in [0.15, 0.2) is 53.5 Å². The topological polar surface area (TPSA) is 48.9 Å². The molecule has 0 amide bonds. The van der Waals surface area contributed by atoms with Crippen LogP contribution >= 0.6 is 0 Å². The number of piperidine rings is 1. The van der Waals surface area contributed by atoms with Gasteiger partial charge in [0.1, 0.15) is 0 Å². The number of hydrogen-bond acceptors (Lipinski definition) is 3. The number of guanidine groups is 1. The van der Waals surface area contributed by atoms with E-state index in [1.54, 1.807) is 13.1 Å². The summed E-state index contributed by atoms with van der Waals surface area (Å²) in [5.74, 6) is 0.705. The second-order valence-corrected chi connectivity index (χ2v) is 7.79. The van der Waals surface area contributed by atoms with Crippen LogP contribution in [0.5, 0.6) is 5.75 Å². The van der Waals surface area contributed by atoms with Crippen LogP contribution in [0.3, 0.4) is 0 Å². The van der Waals surface area contributed by atoms with Crippen LogP contribution in [0.1, 0.15) is 37.8 Å². The van der Waals surface area contributed by atoms with Crippen LogP contribution in [-0.2, 0) is 13.1 Å². The van der Waals surface area contributed by atoms with Crippen LogP contribution in [0.25, 0.3) is 0 Å². The molecule has 1 saturated heterocycles. The largest absolute Gasteiger partial charge is 0.491 e. The number of rotatable bonds is 7. The molecule has 0 spiro atoms. The normalized spacial score (nSPS) is 20.1. The van der Waals surface area contributed by atoms with E-state index in [9.17, 15) is 4.39 Å². The van der Waals surface area contributed by atoms with Gasteiger partial charge in [0.15, 0.2) is 17.5 Å². The lowest BCUT2D eigenvalue weighted by Gasteiger charge is -2.38. The number of nitrogens with one attached hydrogen (secondary N) is 2. The number of ether oxygens (including phenoxy) is 1. The summed E-state index contributed by atoms with van der Waals surface area (Å²) in [5, 5.41) is 6.83. The molecule has 2 unspecified atom stereocenters. The molecule has 0 aliphatic carbocycles. The third-order valence-electron chi connectivity index (χ3n) is 5.56. The third kappa shape index (κ3) is 6.20. The predicted octanol–water partition coefficient (Wildman–Crippen LogP) is 3.94. The standard InChI is InChI=1S/C24H33FN4O/c1-4-30-23-11-10-20(15-22(23)25)16-27-24(26-3)28-21-12-13-29(18(2)14-21)17-19-8-6-5-7-9-19/h5-11,15,18,21H,4,12-14,16-17H2,1-3H3,(H2,26,27,28). The summed E-state index contributed by atoms with van der Waals surface area (Å²) in [4.78, 5) is 6.87. The van der Waals surface area contributed by atoms with Crippen LogP contribution in [0.4, 0.5) is 4.39 Å². The number of halogens is 1. The minimum atomic E-state index is -0.335. The molecule has 2 aromatic rings. The highest BCUT2D eigenvalue weighted by atomic mass is 19.1. The Morgan fingerprint density at radius 2 is 2.00 bits per heavy atom. The molecule has 162 valence electrons. The molecule has 1 aliphatic rings. The van der Waals surface area contributed by atoms with Gasteiger partial charge in [0.2, 0.25) is 0 Å². The Bertz CT molecular complexity index is 827. The predicted molar refractivity (Wildman–Crippen MR) is 120 cm³/mol. The van der Waals surface area contributed by atoms with Gasteiger partial charge in [-0.1, -0.05) is 36.4 Å². The van der Waals surface area contributed by atoms with E-state index < -0.39 is 0 Å². The Morgan fingerprint density at radius 1 is 1.20 bits per heavy atom. The molecular weight excluding hydrogens is 379 g/mol. The molecule has 5 nitrogen and oxygen atoms in total. The van der Waals surface area contributed by atoms with Gasteiger partial charge < -0.3 is 15.4 Å². The molecule has 1 fully saturated rings. The van der Waals surface area contributed by atoms with Crippen molar-refractivity contribution in [3.05, 3.63) is 65.5 Å². The van der Waals surface area contributed by atoms with Crippen molar-refractivity contribution in [2.24, 2.45) is 4.99 Å². The average molecular weight is 413 g/mol. The van der Waals surface area contributed by atoms with Gasteiger partial charge in [0, 0.05) is 38.8 Å². The van der Waals surface area contributed by atoms with E-state index in [-0.39, 0.29) is 5.82 Å². The van der Waals surface area contributed by atoms with E-state index in [0.717, 1.165) is 37.5 Å². The highest BCUT2D eigenvalue weighted by Gasteiger charge is 2.25. The molecule has 0 radical (unpaired) electrons. The number of nitrogens with zero attached hydrogens (tertiary/aromatic N) is 2. The highest BCUT2D eigenvalue weighted by Crippen LogP contribution is 2.20. The number of aliphatic imine (C=N–C) groups is 1. The van der Waals surface area contributed by atoms with E-state index in [2.05, 4.69) is 57.8 Å². The zero-order valence-corrected chi connectivity index (χ0v) is 18.2. The summed E-state index contributed by atoms with van der Waals surface area (Å²) >= 11 is 0. The molecule has 1 heterocycles. The summed E-state index contributed by atoms with van der Waals surface area (Å²) < 4.78 is 19.3. The van der Waals surface area contributed by atoms with Crippen molar-refractivity contribution in [1.29, 1.82) is 0 Å². The molecule has 0 aromatic heterocycles. The van der Waals surface area contributed by atoms with E-state index in [4.69, 9.17) is 4.74 Å². The van der Waals surface area contributed by atoms with Crippen molar-refractivity contribution < 1.29 is 9.13 Å². The lowest BCUT2D eigenvalue weighted by molar-refractivity contribution is 0.134. The van der Waals surface area contributed by atoms with E-state index >= 15 is 0 Å². The van der Waals surface area contributed by atoms with Crippen molar-refractivity contribution in [2.75, 3.05) is 20.2 Å². The van der Waals surface area contributed by atoms with Crippen LogP contribution in [0.2, 0.25) is 0 Å². The van der Waals surface area contributed by atoms with Gasteiger partial charge >= 0.3 is 0 Å². The van der Waals surface area contributed by atoms with E-state index in [1.807, 2.05) is 13.0 Å². The molecular formula is C24H33FN4O. The lowest BCUT2D eigenvalue weighted by atomic mass is 9.97. The zero-order chi connectivity index (χ0) is 21.3. The monoisotopic (exact) mass is 412 g/mol. The van der Waals surface area contributed by atoms with Gasteiger partial charge in [0.25, 0.3) is 0 Å². The van der Waals surface area contributed by atoms with Crippen molar-refractivity contribution >= 4 is 5.96 Å². The SMILES string of the molecule is CCOc1ccc(CNC(=NC)NC2CCN(Cc3ccccc3)C(C)C2)cc1F. The fraction of sp³-hybridized carbons (Fsp3) is 0.458. The molecule has 3 rings (SSSR count). The number of hydrogen-bond donors (Lipinski definition) is 2. The van der Waals surface area contributed by atoms with Crippen molar-refractivity contribution in [2.45, 2.75) is 51.9 Å². The molecule has 6 heteroatoms. The van der Waals surface area contributed by atoms with E-state index in [0.29, 0.717) is 31.0 Å². The first-order chi connectivity index (χ1) is 14.6. The van der Waals surface area contributed by atoms with Crippen molar-refractivity contribution in [1.82, 2.24) is 15.5 Å². The number of likely N-dealkylation sites (tertiary alicyclic amines) is 1. The first kappa shape index (κ1) is 22.1.